The Hall–Kier alpha value is -2.62. The van der Waals surface area contributed by atoms with Gasteiger partial charge >= 0.3 is 5.97 Å². The molecule has 1 aromatic heterocycles. The third-order valence-electron chi connectivity index (χ3n) is 2.66. The summed E-state index contributed by atoms with van der Waals surface area (Å²) in [5, 5.41) is 8.68. The number of methoxy groups -OCH3 is 1. The Morgan fingerprint density at radius 1 is 1.26 bits per heavy atom. The number of benzene rings is 1. The van der Waals surface area contributed by atoms with Crippen molar-refractivity contribution in [1.29, 1.82) is 0 Å². The molecular formula is C15H13NO3. The average Bonchev–Trinajstić information content (AvgIpc) is 2.45. The summed E-state index contributed by atoms with van der Waals surface area (Å²) in [5.74, 6) is -0.204. The zero-order chi connectivity index (χ0) is 13.7. The maximum atomic E-state index is 10.6. The number of rotatable bonds is 4. The number of carboxylic acids is 1. The Morgan fingerprint density at radius 3 is 2.63 bits per heavy atom. The van der Waals surface area contributed by atoms with Crippen molar-refractivity contribution in [3.8, 4) is 16.9 Å². The number of hydrogen-bond donors (Lipinski definition) is 1. The van der Waals surface area contributed by atoms with E-state index in [1.165, 1.54) is 6.08 Å². The molecule has 0 aliphatic heterocycles. The van der Waals surface area contributed by atoms with Crippen molar-refractivity contribution in [2.24, 2.45) is 0 Å². The Labute approximate surface area is 111 Å². The molecule has 0 radical (unpaired) electrons. The molecule has 1 N–H and O–H groups in total. The number of aromatic nitrogens is 1. The third kappa shape index (κ3) is 3.19. The van der Waals surface area contributed by atoms with Crippen LogP contribution in [0.15, 0.2) is 48.8 Å². The van der Waals surface area contributed by atoms with Crippen LogP contribution in [-0.4, -0.2) is 23.2 Å². The van der Waals surface area contributed by atoms with E-state index < -0.39 is 5.97 Å². The van der Waals surface area contributed by atoms with Gasteiger partial charge in [0.25, 0.3) is 0 Å². The van der Waals surface area contributed by atoms with Gasteiger partial charge in [-0.25, -0.2) is 4.79 Å². The molecule has 0 saturated heterocycles. The lowest BCUT2D eigenvalue weighted by molar-refractivity contribution is -0.131. The number of carbonyl (C=O) groups is 1. The van der Waals surface area contributed by atoms with Crippen LogP contribution in [0.3, 0.4) is 0 Å². The van der Waals surface area contributed by atoms with Gasteiger partial charge in [0.1, 0.15) is 5.75 Å². The average molecular weight is 255 g/mol. The quantitative estimate of drug-likeness (QED) is 0.853. The summed E-state index contributed by atoms with van der Waals surface area (Å²) >= 11 is 0. The van der Waals surface area contributed by atoms with Gasteiger partial charge in [0.15, 0.2) is 0 Å². The lowest BCUT2D eigenvalue weighted by Gasteiger charge is -2.06. The van der Waals surface area contributed by atoms with Crippen molar-refractivity contribution in [1.82, 2.24) is 4.98 Å². The summed E-state index contributed by atoms with van der Waals surface area (Å²) in [6, 6.07) is 9.42. The van der Waals surface area contributed by atoms with Crippen molar-refractivity contribution in [2.75, 3.05) is 7.11 Å². The van der Waals surface area contributed by atoms with E-state index in [9.17, 15) is 4.79 Å². The Morgan fingerprint density at radius 2 is 2.00 bits per heavy atom. The van der Waals surface area contributed by atoms with Crippen LogP contribution in [0.25, 0.3) is 17.2 Å². The first-order valence-corrected chi connectivity index (χ1v) is 5.70. The Bertz CT molecular complexity index is 603. The molecule has 4 heteroatoms. The first-order valence-electron chi connectivity index (χ1n) is 5.70. The highest BCUT2D eigenvalue weighted by molar-refractivity contribution is 5.87. The first kappa shape index (κ1) is 12.8. The van der Waals surface area contributed by atoms with Crippen LogP contribution in [0.2, 0.25) is 0 Å². The second-order valence-electron chi connectivity index (χ2n) is 3.86. The molecule has 0 atom stereocenters. The highest BCUT2D eigenvalue weighted by Gasteiger charge is 2.03. The van der Waals surface area contributed by atoms with Gasteiger partial charge < -0.3 is 9.84 Å². The highest BCUT2D eigenvalue weighted by Crippen LogP contribution is 2.25. The molecule has 0 unspecified atom stereocenters. The van der Waals surface area contributed by atoms with E-state index in [0.717, 1.165) is 28.5 Å². The maximum absolute atomic E-state index is 10.6. The minimum absolute atomic E-state index is 0.759. The molecular weight excluding hydrogens is 242 g/mol. The highest BCUT2D eigenvalue weighted by atomic mass is 16.5. The Balaban J connectivity index is 2.40. The molecule has 2 rings (SSSR count). The first-order chi connectivity index (χ1) is 9.20. The van der Waals surface area contributed by atoms with Crippen molar-refractivity contribution >= 4 is 12.0 Å². The number of hydrogen-bond acceptors (Lipinski definition) is 3. The van der Waals surface area contributed by atoms with Gasteiger partial charge in [-0.15, -0.1) is 0 Å². The molecule has 0 bridgehead atoms. The lowest BCUT2D eigenvalue weighted by atomic mass is 10.0. The van der Waals surface area contributed by atoms with E-state index >= 15 is 0 Å². The van der Waals surface area contributed by atoms with Crippen molar-refractivity contribution in [3.63, 3.8) is 0 Å². The summed E-state index contributed by atoms with van der Waals surface area (Å²) in [5.41, 5.74) is 2.67. The van der Waals surface area contributed by atoms with Gasteiger partial charge in [-0.05, 0) is 35.4 Å². The van der Waals surface area contributed by atoms with E-state index in [-0.39, 0.29) is 0 Å². The molecule has 1 heterocycles. The Kier molecular flexibility index (Phi) is 3.93. The van der Waals surface area contributed by atoms with E-state index in [4.69, 9.17) is 9.84 Å². The summed E-state index contributed by atoms with van der Waals surface area (Å²) in [6.45, 7) is 0. The molecule has 0 amide bonds. The minimum Gasteiger partial charge on any atom is -0.497 e. The van der Waals surface area contributed by atoms with E-state index in [2.05, 4.69) is 4.98 Å². The molecule has 1 aromatic carbocycles. The normalized spacial score (nSPS) is 10.6. The molecule has 0 aliphatic rings. The summed E-state index contributed by atoms with van der Waals surface area (Å²) in [4.78, 5) is 14.6. The number of aliphatic carboxylic acids is 1. The number of carboxylic acid groups (broad SMARTS) is 1. The molecule has 4 nitrogen and oxygen atoms in total. The SMILES string of the molecule is COc1ccc(-c2ccncc2C=CC(=O)O)cc1. The molecule has 0 spiro atoms. The van der Waals surface area contributed by atoms with Gasteiger partial charge in [-0.1, -0.05) is 12.1 Å². The number of pyridine rings is 1. The predicted octanol–water partition coefficient (Wildman–Crippen LogP) is 2.86. The fourth-order valence-electron chi connectivity index (χ4n) is 1.73. The standard InChI is InChI=1S/C15H13NO3/c1-19-13-5-2-11(3-6-13)14-8-9-16-10-12(14)4-7-15(17)18/h2-10H,1H3,(H,17,18). The second kappa shape index (κ2) is 5.82. The van der Waals surface area contributed by atoms with Crippen LogP contribution in [0.4, 0.5) is 0 Å². The summed E-state index contributed by atoms with van der Waals surface area (Å²) in [7, 11) is 1.61. The van der Waals surface area contributed by atoms with Crippen LogP contribution in [-0.2, 0) is 4.79 Å². The zero-order valence-electron chi connectivity index (χ0n) is 10.4. The predicted molar refractivity (Wildman–Crippen MR) is 72.9 cm³/mol. The molecule has 2 aromatic rings. The van der Waals surface area contributed by atoms with E-state index in [1.54, 1.807) is 19.5 Å². The van der Waals surface area contributed by atoms with Gasteiger partial charge in [-0.2, -0.15) is 0 Å². The summed E-state index contributed by atoms with van der Waals surface area (Å²) < 4.78 is 5.11. The van der Waals surface area contributed by atoms with Gasteiger partial charge in [0, 0.05) is 24.0 Å². The smallest absolute Gasteiger partial charge is 0.328 e. The van der Waals surface area contributed by atoms with Crippen LogP contribution in [0.1, 0.15) is 5.56 Å². The largest absolute Gasteiger partial charge is 0.497 e. The summed E-state index contributed by atoms with van der Waals surface area (Å²) in [6.07, 6.45) is 5.95. The molecule has 0 fully saturated rings. The lowest BCUT2D eigenvalue weighted by Crippen LogP contribution is -1.89. The maximum Gasteiger partial charge on any atom is 0.328 e. The van der Waals surface area contributed by atoms with Crippen LogP contribution < -0.4 is 4.74 Å². The topological polar surface area (TPSA) is 59.4 Å². The zero-order valence-corrected chi connectivity index (χ0v) is 10.4. The number of ether oxygens (including phenoxy) is 1. The van der Waals surface area contributed by atoms with Crippen LogP contribution >= 0.6 is 0 Å². The van der Waals surface area contributed by atoms with Gasteiger partial charge in [-0.3, -0.25) is 4.98 Å². The van der Waals surface area contributed by atoms with Gasteiger partial charge in [0.05, 0.1) is 7.11 Å². The monoisotopic (exact) mass is 255 g/mol. The van der Waals surface area contributed by atoms with Crippen molar-refractivity contribution in [2.45, 2.75) is 0 Å². The molecule has 0 saturated carbocycles. The second-order valence-corrected chi connectivity index (χ2v) is 3.86. The third-order valence-corrected chi connectivity index (χ3v) is 2.66. The fourth-order valence-corrected chi connectivity index (χ4v) is 1.73. The van der Waals surface area contributed by atoms with Crippen LogP contribution in [0.5, 0.6) is 5.75 Å². The van der Waals surface area contributed by atoms with Crippen molar-refractivity contribution in [3.05, 3.63) is 54.4 Å². The minimum atomic E-state index is -0.982. The van der Waals surface area contributed by atoms with E-state index in [0.29, 0.717) is 0 Å². The molecule has 96 valence electrons. The number of nitrogens with zero attached hydrogens (tertiary/aromatic N) is 1. The van der Waals surface area contributed by atoms with E-state index in [1.807, 2.05) is 30.3 Å². The molecule has 19 heavy (non-hydrogen) atoms. The van der Waals surface area contributed by atoms with Crippen LogP contribution in [0, 0.1) is 0 Å². The van der Waals surface area contributed by atoms with Gasteiger partial charge in [0.2, 0.25) is 0 Å². The fraction of sp³-hybridized carbons (Fsp3) is 0.0667. The van der Waals surface area contributed by atoms with Crippen molar-refractivity contribution < 1.29 is 14.6 Å². The molecule has 0 aliphatic carbocycles.